The summed E-state index contributed by atoms with van der Waals surface area (Å²) >= 11 is 0. The van der Waals surface area contributed by atoms with Crippen LogP contribution in [-0.2, 0) is 6.54 Å². The van der Waals surface area contributed by atoms with E-state index in [-0.39, 0.29) is 6.04 Å². The zero-order chi connectivity index (χ0) is 15.7. The average Bonchev–Trinajstić information content (AvgIpc) is 2.87. The van der Waals surface area contributed by atoms with E-state index < -0.39 is 5.97 Å². The highest BCUT2D eigenvalue weighted by Gasteiger charge is 2.19. The second-order valence-corrected chi connectivity index (χ2v) is 6.19. The van der Waals surface area contributed by atoms with Gasteiger partial charge in [-0.1, -0.05) is 12.1 Å². The Morgan fingerprint density at radius 2 is 2.05 bits per heavy atom. The molecule has 0 aliphatic carbocycles. The number of hydrogen-bond acceptors (Lipinski definition) is 3. The lowest BCUT2D eigenvalue weighted by atomic mass is 10.1. The maximum absolute atomic E-state index is 11.6. The number of rotatable bonds is 4. The summed E-state index contributed by atoms with van der Waals surface area (Å²) in [5.41, 5.74) is 2.45. The van der Waals surface area contributed by atoms with E-state index in [9.17, 15) is 9.90 Å². The van der Waals surface area contributed by atoms with E-state index in [0.717, 1.165) is 43.6 Å². The number of aromatic nitrogens is 1. The summed E-state index contributed by atoms with van der Waals surface area (Å²) in [5.74, 6) is -0.862. The van der Waals surface area contributed by atoms with E-state index in [1.54, 1.807) is 6.07 Å². The number of carboxylic acid groups (broad SMARTS) is 1. The maximum atomic E-state index is 11.6. The molecule has 2 heterocycles. The Morgan fingerprint density at radius 3 is 2.68 bits per heavy atom. The molecule has 3 rings (SSSR count). The Morgan fingerprint density at radius 1 is 1.32 bits per heavy atom. The highest BCUT2D eigenvalue weighted by atomic mass is 16.4. The summed E-state index contributed by atoms with van der Waals surface area (Å²) in [6.07, 6.45) is 2.13. The lowest BCUT2D eigenvalue weighted by Gasteiger charge is -2.26. The third-order valence-corrected chi connectivity index (χ3v) is 4.33. The molecule has 1 aromatic heterocycles. The number of hydrogen-bond donors (Lipinski definition) is 2. The number of benzene rings is 1. The van der Waals surface area contributed by atoms with Crippen molar-refractivity contribution in [3.05, 3.63) is 35.5 Å². The van der Waals surface area contributed by atoms with Crippen LogP contribution in [-0.4, -0.2) is 46.7 Å². The zero-order valence-corrected chi connectivity index (χ0v) is 13.2. The van der Waals surface area contributed by atoms with Crippen LogP contribution in [0, 0.1) is 0 Å². The molecule has 1 fully saturated rings. The number of para-hydroxylation sites is 1. The molecular formula is C17H23N3O2. The minimum atomic E-state index is -0.862. The highest BCUT2D eigenvalue weighted by Crippen LogP contribution is 2.28. The first-order valence-corrected chi connectivity index (χ1v) is 7.86. The number of piperazine rings is 1. The fraction of sp³-hybridized carbons (Fsp3) is 0.471. The molecule has 5 heteroatoms. The van der Waals surface area contributed by atoms with Gasteiger partial charge in [0.15, 0.2) is 0 Å². The molecule has 5 nitrogen and oxygen atoms in total. The monoisotopic (exact) mass is 301 g/mol. The molecule has 0 saturated carbocycles. The van der Waals surface area contributed by atoms with Gasteiger partial charge in [-0.25, -0.2) is 4.79 Å². The van der Waals surface area contributed by atoms with E-state index in [1.165, 1.54) is 5.56 Å². The van der Waals surface area contributed by atoms with Crippen molar-refractivity contribution in [3.8, 4) is 0 Å². The van der Waals surface area contributed by atoms with Crippen molar-refractivity contribution in [2.75, 3.05) is 26.2 Å². The van der Waals surface area contributed by atoms with Gasteiger partial charge >= 0.3 is 5.97 Å². The van der Waals surface area contributed by atoms with E-state index in [2.05, 4.69) is 34.8 Å². The minimum Gasteiger partial charge on any atom is -0.478 e. The van der Waals surface area contributed by atoms with Crippen molar-refractivity contribution < 1.29 is 9.90 Å². The fourth-order valence-corrected chi connectivity index (χ4v) is 3.20. The third kappa shape index (κ3) is 2.74. The van der Waals surface area contributed by atoms with Crippen LogP contribution in [0.25, 0.3) is 10.9 Å². The van der Waals surface area contributed by atoms with E-state index in [4.69, 9.17) is 0 Å². The predicted octanol–water partition coefficient (Wildman–Crippen LogP) is 2.33. The molecule has 2 aromatic rings. The van der Waals surface area contributed by atoms with Crippen LogP contribution in [0.15, 0.2) is 24.4 Å². The van der Waals surface area contributed by atoms with Crippen molar-refractivity contribution in [1.82, 2.24) is 14.8 Å². The van der Waals surface area contributed by atoms with Crippen molar-refractivity contribution in [2.45, 2.75) is 26.4 Å². The first-order valence-electron chi connectivity index (χ1n) is 7.86. The molecule has 2 N–H and O–H groups in total. The van der Waals surface area contributed by atoms with Crippen LogP contribution >= 0.6 is 0 Å². The second-order valence-electron chi connectivity index (χ2n) is 6.19. The standard InChI is InChI=1S/C17H23N3O2/c1-12(2)20-11-13(10-19-8-6-18-7-9-19)14-4-3-5-15(16(14)20)17(21)22/h3-5,11-12,18H,6-10H2,1-2H3,(H,21,22). The highest BCUT2D eigenvalue weighted by molar-refractivity contribution is 6.03. The van der Waals surface area contributed by atoms with Crippen molar-refractivity contribution in [2.24, 2.45) is 0 Å². The summed E-state index contributed by atoms with van der Waals surface area (Å²) in [6.45, 7) is 9.16. The SMILES string of the molecule is CC(C)n1cc(CN2CCNCC2)c2cccc(C(=O)O)c21. The molecule has 0 amide bonds. The van der Waals surface area contributed by atoms with Gasteiger partial charge in [-0.2, -0.15) is 0 Å². The van der Waals surface area contributed by atoms with E-state index in [1.807, 2.05) is 12.1 Å². The Balaban J connectivity index is 2.07. The summed E-state index contributed by atoms with van der Waals surface area (Å²) in [6, 6.07) is 5.81. The van der Waals surface area contributed by atoms with E-state index in [0.29, 0.717) is 5.56 Å². The van der Waals surface area contributed by atoms with Crippen LogP contribution in [0.1, 0.15) is 35.8 Å². The van der Waals surface area contributed by atoms with Crippen molar-refractivity contribution in [3.63, 3.8) is 0 Å². The zero-order valence-electron chi connectivity index (χ0n) is 13.2. The first kappa shape index (κ1) is 15.1. The van der Waals surface area contributed by atoms with Gasteiger partial charge in [0.25, 0.3) is 0 Å². The van der Waals surface area contributed by atoms with Gasteiger partial charge < -0.3 is 15.0 Å². The largest absolute Gasteiger partial charge is 0.478 e. The summed E-state index contributed by atoms with van der Waals surface area (Å²) < 4.78 is 2.09. The van der Waals surface area contributed by atoms with E-state index >= 15 is 0 Å². The van der Waals surface area contributed by atoms with Crippen LogP contribution in [0.4, 0.5) is 0 Å². The molecular weight excluding hydrogens is 278 g/mol. The normalized spacial score (nSPS) is 16.5. The molecule has 0 unspecified atom stereocenters. The number of fused-ring (bicyclic) bond motifs is 1. The maximum Gasteiger partial charge on any atom is 0.337 e. The van der Waals surface area contributed by atoms with Gasteiger partial charge in [-0.15, -0.1) is 0 Å². The first-order chi connectivity index (χ1) is 10.6. The molecule has 1 aliphatic rings. The molecule has 118 valence electrons. The van der Waals surface area contributed by atoms with Crippen molar-refractivity contribution in [1.29, 1.82) is 0 Å². The number of carboxylic acids is 1. The molecule has 22 heavy (non-hydrogen) atoms. The number of aromatic carboxylic acids is 1. The van der Waals surface area contributed by atoms with Gasteiger partial charge in [0.05, 0.1) is 11.1 Å². The average molecular weight is 301 g/mol. The molecule has 0 atom stereocenters. The molecule has 1 aliphatic heterocycles. The topological polar surface area (TPSA) is 57.5 Å². The second kappa shape index (κ2) is 6.10. The van der Waals surface area contributed by atoms with Gasteiger partial charge in [-0.3, -0.25) is 4.90 Å². The van der Waals surface area contributed by atoms with Gasteiger partial charge in [0, 0.05) is 50.3 Å². The van der Waals surface area contributed by atoms with Crippen LogP contribution in [0.3, 0.4) is 0 Å². The molecule has 0 spiro atoms. The van der Waals surface area contributed by atoms with Crippen LogP contribution < -0.4 is 5.32 Å². The Labute approximate surface area is 130 Å². The third-order valence-electron chi connectivity index (χ3n) is 4.33. The number of nitrogens with one attached hydrogen (secondary N) is 1. The summed E-state index contributed by atoms with van der Waals surface area (Å²) in [7, 11) is 0. The van der Waals surface area contributed by atoms with Gasteiger partial charge in [0.1, 0.15) is 0 Å². The predicted molar refractivity (Wildman–Crippen MR) is 87.4 cm³/mol. The van der Waals surface area contributed by atoms with Gasteiger partial charge in [-0.05, 0) is 25.5 Å². The van der Waals surface area contributed by atoms with Crippen LogP contribution in [0.5, 0.6) is 0 Å². The van der Waals surface area contributed by atoms with Crippen molar-refractivity contribution >= 4 is 16.9 Å². The molecule has 0 bridgehead atoms. The Bertz CT molecular complexity index is 685. The lowest BCUT2D eigenvalue weighted by molar-refractivity contribution is 0.0698. The molecule has 1 aromatic carbocycles. The number of nitrogens with zero attached hydrogens (tertiary/aromatic N) is 2. The minimum absolute atomic E-state index is 0.236. The van der Waals surface area contributed by atoms with Gasteiger partial charge in [0.2, 0.25) is 0 Å². The lowest BCUT2D eigenvalue weighted by Crippen LogP contribution is -2.42. The Hall–Kier alpha value is -1.85. The Kier molecular flexibility index (Phi) is 4.18. The molecule has 1 saturated heterocycles. The quantitative estimate of drug-likeness (QED) is 0.910. The molecule has 0 radical (unpaired) electrons. The number of carbonyl (C=O) groups is 1. The fourth-order valence-electron chi connectivity index (χ4n) is 3.20. The smallest absolute Gasteiger partial charge is 0.337 e. The summed E-state index contributed by atoms with van der Waals surface area (Å²) in [4.78, 5) is 14.0. The summed E-state index contributed by atoms with van der Waals surface area (Å²) in [5, 5.41) is 13.9. The van der Waals surface area contributed by atoms with Crippen LogP contribution in [0.2, 0.25) is 0 Å².